The molecule has 0 unspecified atom stereocenters. The van der Waals surface area contributed by atoms with Crippen LogP contribution in [0.5, 0.6) is 0 Å². The van der Waals surface area contributed by atoms with Gasteiger partial charge in [-0.2, -0.15) is 0 Å². The van der Waals surface area contributed by atoms with E-state index in [2.05, 4.69) is 24.1 Å². The van der Waals surface area contributed by atoms with Crippen LogP contribution >= 0.6 is 0 Å². The number of nitrogens with zero attached hydrogens (tertiary/aromatic N) is 2. The van der Waals surface area contributed by atoms with E-state index in [0.29, 0.717) is 11.5 Å². The Labute approximate surface area is 116 Å². The van der Waals surface area contributed by atoms with Crippen molar-refractivity contribution in [2.24, 2.45) is 5.92 Å². The van der Waals surface area contributed by atoms with Crippen molar-refractivity contribution in [2.75, 3.05) is 25.0 Å². The van der Waals surface area contributed by atoms with Crippen LogP contribution in [0.15, 0.2) is 18.3 Å². The van der Waals surface area contributed by atoms with E-state index in [1.54, 1.807) is 11.1 Å². The normalized spacial score (nSPS) is 10.6. The molecule has 0 aliphatic rings. The number of carbonyl (C=O) groups excluding carboxylic acids is 1. The number of nitrogens with one attached hydrogen (secondary N) is 1. The lowest BCUT2D eigenvalue weighted by molar-refractivity contribution is 0.0772. The fraction of sp³-hybridized carbons (Fsp3) is 0.600. The van der Waals surface area contributed by atoms with E-state index in [4.69, 9.17) is 0 Å². The predicted octanol–water partition coefficient (Wildman–Crippen LogP) is 3.02. The molecule has 0 saturated carbocycles. The summed E-state index contributed by atoms with van der Waals surface area (Å²) in [6.07, 6.45) is 2.76. The van der Waals surface area contributed by atoms with E-state index in [-0.39, 0.29) is 5.91 Å². The fourth-order valence-corrected chi connectivity index (χ4v) is 1.81. The van der Waals surface area contributed by atoms with E-state index in [1.807, 2.05) is 26.0 Å². The first-order valence-corrected chi connectivity index (χ1v) is 7.07. The summed E-state index contributed by atoms with van der Waals surface area (Å²) in [4.78, 5) is 18.2. The molecular formula is C15H25N3O. The third-order valence-electron chi connectivity index (χ3n) is 3.09. The maximum absolute atomic E-state index is 12.1. The molecule has 1 N–H and O–H groups in total. The van der Waals surface area contributed by atoms with Crippen LogP contribution in [0.2, 0.25) is 0 Å². The van der Waals surface area contributed by atoms with Gasteiger partial charge in [0, 0.05) is 25.8 Å². The van der Waals surface area contributed by atoms with Gasteiger partial charge in [0.05, 0.1) is 5.56 Å². The van der Waals surface area contributed by atoms with Gasteiger partial charge in [0.1, 0.15) is 5.82 Å². The molecule has 19 heavy (non-hydrogen) atoms. The zero-order valence-electron chi connectivity index (χ0n) is 12.4. The topological polar surface area (TPSA) is 45.2 Å². The molecule has 4 heteroatoms. The van der Waals surface area contributed by atoms with Crippen LogP contribution in [0.1, 0.15) is 44.5 Å². The predicted molar refractivity (Wildman–Crippen MR) is 79.4 cm³/mol. The monoisotopic (exact) mass is 263 g/mol. The van der Waals surface area contributed by atoms with Gasteiger partial charge in [-0.1, -0.05) is 13.8 Å². The minimum atomic E-state index is 0.0474. The van der Waals surface area contributed by atoms with Crippen molar-refractivity contribution in [1.82, 2.24) is 9.88 Å². The van der Waals surface area contributed by atoms with Crippen molar-refractivity contribution in [3.05, 3.63) is 23.9 Å². The van der Waals surface area contributed by atoms with Crippen LogP contribution in [0.25, 0.3) is 0 Å². The average Bonchev–Trinajstić information content (AvgIpc) is 2.40. The second-order valence-corrected chi connectivity index (χ2v) is 5.02. The molecule has 0 aromatic carbocycles. The molecule has 106 valence electrons. The van der Waals surface area contributed by atoms with Gasteiger partial charge in [-0.15, -0.1) is 0 Å². The van der Waals surface area contributed by atoms with Gasteiger partial charge < -0.3 is 10.2 Å². The number of amides is 1. The highest BCUT2D eigenvalue weighted by molar-refractivity contribution is 5.94. The largest absolute Gasteiger partial charge is 0.370 e. The van der Waals surface area contributed by atoms with E-state index in [1.165, 1.54) is 0 Å². The molecule has 1 aromatic heterocycles. The number of aromatic nitrogens is 1. The Hall–Kier alpha value is -1.58. The molecule has 1 amide bonds. The highest BCUT2D eigenvalue weighted by Gasteiger charge is 2.12. The molecule has 1 aromatic rings. The summed E-state index contributed by atoms with van der Waals surface area (Å²) >= 11 is 0. The van der Waals surface area contributed by atoms with Gasteiger partial charge in [-0.3, -0.25) is 4.79 Å². The van der Waals surface area contributed by atoms with Gasteiger partial charge in [0.15, 0.2) is 0 Å². The molecule has 0 saturated heterocycles. The smallest absolute Gasteiger partial charge is 0.255 e. The molecule has 0 aliphatic heterocycles. The van der Waals surface area contributed by atoms with Crippen LogP contribution in [0.4, 0.5) is 5.82 Å². The highest BCUT2D eigenvalue weighted by atomic mass is 16.2. The van der Waals surface area contributed by atoms with E-state index in [0.717, 1.165) is 31.9 Å². The number of hydrogen-bond donors (Lipinski definition) is 1. The molecule has 0 bridgehead atoms. The molecular weight excluding hydrogens is 238 g/mol. The third kappa shape index (κ3) is 4.89. The van der Waals surface area contributed by atoms with Crippen LogP contribution in [0.3, 0.4) is 0 Å². The van der Waals surface area contributed by atoms with Crippen molar-refractivity contribution in [3.8, 4) is 0 Å². The van der Waals surface area contributed by atoms with Crippen LogP contribution in [-0.4, -0.2) is 35.4 Å². The van der Waals surface area contributed by atoms with Crippen molar-refractivity contribution in [2.45, 2.75) is 34.1 Å². The number of pyridine rings is 1. The molecule has 4 nitrogen and oxygen atoms in total. The SMILES string of the molecule is CCN(CC)C(=O)c1ccc(NCCC(C)C)nc1. The first-order valence-electron chi connectivity index (χ1n) is 7.07. The van der Waals surface area contributed by atoms with Crippen molar-refractivity contribution in [1.29, 1.82) is 0 Å². The summed E-state index contributed by atoms with van der Waals surface area (Å²) in [6.45, 7) is 10.7. The number of hydrogen-bond acceptors (Lipinski definition) is 3. The number of carbonyl (C=O) groups is 1. The number of rotatable bonds is 7. The minimum absolute atomic E-state index is 0.0474. The Kier molecular flexibility index (Phi) is 6.33. The Bertz CT molecular complexity index is 383. The Balaban J connectivity index is 2.58. The van der Waals surface area contributed by atoms with E-state index < -0.39 is 0 Å². The van der Waals surface area contributed by atoms with Gasteiger partial charge in [0.25, 0.3) is 5.91 Å². The van der Waals surface area contributed by atoms with E-state index >= 15 is 0 Å². The molecule has 0 aliphatic carbocycles. The lowest BCUT2D eigenvalue weighted by Crippen LogP contribution is -2.30. The van der Waals surface area contributed by atoms with Crippen molar-refractivity contribution < 1.29 is 4.79 Å². The first kappa shape index (κ1) is 15.5. The Morgan fingerprint density at radius 2 is 2.00 bits per heavy atom. The molecule has 0 atom stereocenters. The molecule has 0 fully saturated rings. The fourth-order valence-electron chi connectivity index (χ4n) is 1.81. The lowest BCUT2D eigenvalue weighted by atomic mass is 10.1. The quantitative estimate of drug-likeness (QED) is 0.822. The zero-order valence-corrected chi connectivity index (χ0v) is 12.4. The summed E-state index contributed by atoms with van der Waals surface area (Å²) in [5.74, 6) is 1.55. The van der Waals surface area contributed by atoms with Gasteiger partial charge in [-0.25, -0.2) is 4.98 Å². The molecule has 1 rings (SSSR count). The lowest BCUT2D eigenvalue weighted by Gasteiger charge is -2.18. The summed E-state index contributed by atoms with van der Waals surface area (Å²) in [5, 5.41) is 3.26. The Morgan fingerprint density at radius 3 is 2.47 bits per heavy atom. The summed E-state index contributed by atoms with van der Waals surface area (Å²) in [6, 6.07) is 3.71. The summed E-state index contributed by atoms with van der Waals surface area (Å²) in [7, 11) is 0. The highest BCUT2D eigenvalue weighted by Crippen LogP contribution is 2.09. The second kappa shape index (κ2) is 7.77. The number of anilines is 1. The van der Waals surface area contributed by atoms with Crippen LogP contribution in [0, 0.1) is 5.92 Å². The average molecular weight is 263 g/mol. The zero-order chi connectivity index (χ0) is 14.3. The third-order valence-corrected chi connectivity index (χ3v) is 3.09. The maximum atomic E-state index is 12.1. The van der Waals surface area contributed by atoms with Gasteiger partial charge in [0.2, 0.25) is 0 Å². The molecule has 0 spiro atoms. The maximum Gasteiger partial charge on any atom is 0.255 e. The second-order valence-electron chi connectivity index (χ2n) is 5.02. The first-order chi connectivity index (χ1) is 9.08. The van der Waals surface area contributed by atoms with Crippen molar-refractivity contribution >= 4 is 11.7 Å². The summed E-state index contributed by atoms with van der Waals surface area (Å²) in [5.41, 5.74) is 0.651. The van der Waals surface area contributed by atoms with Gasteiger partial charge >= 0.3 is 0 Å². The van der Waals surface area contributed by atoms with Crippen molar-refractivity contribution in [3.63, 3.8) is 0 Å². The summed E-state index contributed by atoms with van der Waals surface area (Å²) < 4.78 is 0. The van der Waals surface area contributed by atoms with Crippen LogP contribution < -0.4 is 5.32 Å². The van der Waals surface area contributed by atoms with Gasteiger partial charge in [-0.05, 0) is 38.3 Å². The molecule has 0 radical (unpaired) electrons. The van der Waals surface area contributed by atoms with E-state index in [9.17, 15) is 4.79 Å². The molecule has 1 heterocycles. The Morgan fingerprint density at radius 1 is 1.32 bits per heavy atom. The standard InChI is InChI=1S/C15H25N3O/c1-5-18(6-2)15(19)13-7-8-14(17-11-13)16-10-9-12(3)4/h7-8,11-12H,5-6,9-10H2,1-4H3,(H,16,17). The van der Waals surface area contributed by atoms with Crippen LogP contribution in [-0.2, 0) is 0 Å². The minimum Gasteiger partial charge on any atom is -0.370 e.